The molecule has 0 radical (unpaired) electrons. The van der Waals surface area contributed by atoms with Gasteiger partial charge in [0.05, 0.1) is 6.61 Å². The smallest absolute Gasteiger partial charge is 0.350 e. The molecule has 0 aromatic heterocycles. The van der Waals surface area contributed by atoms with Gasteiger partial charge in [-0.05, 0) is 40.7 Å². The monoisotopic (exact) mass is 262 g/mol. The van der Waals surface area contributed by atoms with E-state index in [-0.39, 0.29) is 11.1 Å². The van der Waals surface area contributed by atoms with Gasteiger partial charge in [-0.15, -0.1) is 0 Å². The Morgan fingerprint density at radius 2 is 2.06 bits per heavy atom. The first kappa shape index (κ1) is 14.5. The topological polar surface area (TPSA) is 44.8 Å². The third-order valence-corrected chi connectivity index (χ3v) is 2.24. The fraction of sp³-hybridized carbons (Fsp3) is 0.750. The van der Waals surface area contributed by atoms with Gasteiger partial charge in [0.2, 0.25) is 0 Å². The summed E-state index contributed by atoms with van der Waals surface area (Å²) in [6.45, 7) is 9.35. The van der Waals surface area contributed by atoms with Crippen molar-refractivity contribution in [2.45, 2.75) is 52.1 Å². The Bertz CT molecular complexity index is 328. The zero-order chi connectivity index (χ0) is 13.3. The summed E-state index contributed by atoms with van der Waals surface area (Å²) in [4.78, 5) is 11.6. The second-order valence-electron chi connectivity index (χ2n) is 5.38. The van der Waals surface area contributed by atoms with E-state index in [1.807, 2.05) is 13.8 Å². The summed E-state index contributed by atoms with van der Waals surface area (Å²) in [5.74, 6) is -1.18. The number of esters is 1. The average molecular weight is 263 g/mol. The molecule has 1 saturated heterocycles. The highest BCUT2D eigenvalue weighted by atomic mass is 35.5. The molecule has 1 fully saturated rings. The van der Waals surface area contributed by atoms with Crippen LogP contribution < -0.4 is 0 Å². The maximum atomic E-state index is 11.6. The zero-order valence-corrected chi connectivity index (χ0v) is 11.6. The molecule has 0 unspecified atom stereocenters. The first-order chi connectivity index (χ1) is 7.59. The van der Waals surface area contributed by atoms with Crippen LogP contribution in [0.3, 0.4) is 0 Å². The molecule has 0 saturated carbocycles. The standard InChI is InChI=1S/C12H19ClO4/c1-11(2,3)17-10(14)9(13)6-8-7-15-12(4,5)16-8/h6,8H,7H2,1-5H3/b9-6-/t8-/m0/s1. The third kappa shape index (κ3) is 5.06. The summed E-state index contributed by atoms with van der Waals surface area (Å²) in [7, 11) is 0. The predicted octanol–water partition coefficient (Wildman–Crippen LogP) is 2.60. The molecule has 0 aromatic rings. The van der Waals surface area contributed by atoms with Crippen LogP contribution in [0.4, 0.5) is 0 Å². The number of rotatable bonds is 2. The fourth-order valence-electron chi connectivity index (χ4n) is 1.36. The van der Waals surface area contributed by atoms with Crippen molar-refractivity contribution in [2.75, 3.05) is 6.61 Å². The maximum absolute atomic E-state index is 11.6. The minimum Gasteiger partial charge on any atom is -0.456 e. The Balaban J connectivity index is 2.58. The van der Waals surface area contributed by atoms with Crippen molar-refractivity contribution >= 4 is 17.6 Å². The molecule has 1 atom stereocenters. The summed E-state index contributed by atoms with van der Waals surface area (Å²) in [6.07, 6.45) is 1.20. The van der Waals surface area contributed by atoms with Crippen molar-refractivity contribution in [3.8, 4) is 0 Å². The van der Waals surface area contributed by atoms with E-state index in [2.05, 4.69) is 0 Å². The lowest BCUT2D eigenvalue weighted by molar-refractivity contribution is -0.149. The second kappa shape index (κ2) is 4.96. The molecule has 1 aliphatic rings. The molecule has 1 rings (SSSR count). The molecule has 98 valence electrons. The van der Waals surface area contributed by atoms with Crippen LogP contribution >= 0.6 is 11.6 Å². The third-order valence-electron chi connectivity index (χ3n) is 1.96. The van der Waals surface area contributed by atoms with Crippen molar-refractivity contribution in [3.05, 3.63) is 11.1 Å². The fourth-order valence-corrected chi connectivity index (χ4v) is 1.53. The van der Waals surface area contributed by atoms with Gasteiger partial charge in [0, 0.05) is 0 Å². The van der Waals surface area contributed by atoms with E-state index < -0.39 is 17.4 Å². The van der Waals surface area contributed by atoms with Crippen LogP contribution in [-0.2, 0) is 19.0 Å². The summed E-state index contributed by atoms with van der Waals surface area (Å²) >= 11 is 5.86. The molecular formula is C12H19ClO4. The number of hydrogen-bond donors (Lipinski definition) is 0. The maximum Gasteiger partial charge on any atom is 0.350 e. The summed E-state index contributed by atoms with van der Waals surface area (Å²) in [6, 6.07) is 0. The van der Waals surface area contributed by atoms with Crippen LogP contribution in [0.2, 0.25) is 0 Å². The van der Waals surface area contributed by atoms with Gasteiger partial charge in [-0.1, -0.05) is 11.6 Å². The van der Waals surface area contributed by atoms with E-state index in [9.17, 15) is 4.79 Å². The van der Waals surface area contributed by atoms with Crippen LogP contribution in [0.15, 0.2) is 11.1 Å². The molecule has 0 aliphatic carbocycles. The number of carbonyl (C=O) groups excluding carboxylic acids is 1. The number of halogens is 1. The highest BCUT2D eigenvalue weighted by Gasteiger charge is 2.32. The first-order valence-electron chi connectivity index (χ1n) is 5.51. The summed E-state index contributed by atoms with van der Waals surface area (Å²) < 4.78 is 16.0. The van der Waals surface area contributed by atoms with Gasteiger partial charge in [0.15, 0.2) is 5.79 Å². The molecule has 0 amide bonds. The molecule has 0 spiro atoms. The molecule has 0 N–H and O–H groups in total. The van der Waals surface area contributed by atoms with Crippen molar-refractivity contribution in [2.24, 2.45) is 0 Å². The van der Waals surface area contributed by atoms with E-state index >= 15 is 0 Å². The lowest BCUT2D eigenvalue weighted by Crippen LogP contribution is -2.24. The Morgan fingerprint density at radius 1 is 1.47 bits per heavy atom. The van der Waals surface area contributed by atoms with Crippen LogP contribution in [0.5, 0.6) is 0 Å². The molecule has 0 bridgehead atoms. The van der Waals surface area contributed by atoms with Crippen molar-refractivity contribution in [1.82, 2.24) is 0 Å². The molecule has 17 heavy (non-hydrogen) atoms. The predicted molar refractivity (Wildman–Crippen MR) is 64.7 cm³/mol. The lowest BCUT2D eigenvalue weighted by atomic mass is 10.2. The van der Waals surface area contributed by atoms with Crippen LogP contribution in [0, 0.1) is 0 Å². The van der Waals surface area contributed by atoms with E-state index in [4.69, 9.17) is 25.8 Å². The van der Waals surface area contributed by atoms with E-state index in [0.717, 1.165) is 0 Å². The molecule has 1 aliphatic heterocycles. The first-order valence-corrected chi connectivity index (χ1v) is 5.89. The van der Waals surface area contributed by atoms with Gasteiger partial charge >= 0.3 is 5.97 Å². The number of carbonyl (C=O) groups is 1. The molecule has 0 aromatic carbocycles. The number of hydrogen-bond acceptors (Lipinski definition) is 4. The normalized spacial score (nSPS) is 24.8. The second-order valence-corrected chi connectivity index (χ2v) is 5.79. The quantitative estimate of drug-likeness (QED) is 0.567. The van der Waals surface area contributed by atoms with Gasteiger partial charge < -0.3 is 14.2 Å². The van der Waals surface area contributed by atoms with Crippen LogP contribution in [0.25, 0.3) is 0 Å². The SMILES string of the molecule is CC(C)(C)OC(=O)/C(Cl)=C/[C@H]1COC(C)(C)O1. The largest absolute Gasteiger partial charge is 0.456 e. The highest BCUT2D eigenvalue weighted by molar-refractivity contribution is 6.41. The average Bonchev–Trinajstić information content (AvgIpc) is 2.42. The Labute approximate surface area is 107 Å². The molecule has 4 nitrogen and oxygen atoms in total. The lowest BCUT2D eigenvalue weighted by Gasteiger charge is -2.19. The van der Waals surface area contributed by atoms with Gasteiger partial charge in [0.25, 0.3) is 0 Å². The van der Waals surface area contributed by atoms with Crippen molar-refractivity contribution in [3.63, 3.8) is 0 Å². The Kier molecular flexibility index (Phi) is 4.23. The van der Waals surface area contributed by atoms with Gasteiger partial charge in [-0.2, -0.15) is 0 Å². The highest BCUT2D eigenvalue weighted by Crippen LogP contribution is 2.24. The van der Waals surface area contributed by atoms with Gasteiger partial charge in [-0.25, -0.2) is 4.79 Å². The van der Waals surface area contributed by atoms with Crippen LogP contribution in [-0.4, -0.2) is 30.1 Å². The minimum atomic E-state index is -0.633. The van der Waals surface area contributed by atoms with E-state index in [0.29, 0.717) is 6.61 Å². The van der Waals surface area contributed by atoms with Gasteiger partial charge in [0.1, 0.15) is 16.7 Å². The van der Waals surface area contributed by atoms with Gasteiger partial charge in [-0.3, -0.25) is 0 Å². The zero-order valence-electron chi connectivity index (χ0n) is 10.9. The van der Waals surface area contributed by atoms with E-state index in [1.165, 1.54) is 6.08 Å². The van der Waals surface area contributed by atoms with Crippen LogP contribution in [0.1, 0.15) is 34.6 Å². The number of ether oxygens (including phenoxy) is 3. The van der Waals surface area contributed by atoms with Crippen molar-refractivity contribution in [1.29, 1.82) is 0 Å². The van der Waals surface area contributed by atoms with Crippen molar-refractivity contribution < 1.29 is 19.0 Å². The minimum absolute atomic E-state index is 0.0197. The molecule has 1 heterocycles. The molecule has 5 heteroatoms. The Morgan fingerprint density at radius 3 is 2.47 bits per heavy atom. The Hall–Kier alpha value is -0.580. The summed E-state index contributed by atoms with van der Waals surface area (Å²) in [5.41, 5.74) is -0.558. The van der Waals surface area contributed by atoms with E-state index in [1.54, 1.807) is 20.8 Å². The molecular weight excluding hydrogens is 244 g/mol. The summed E-state index contributed by atoms with van der Waals surface area (Å²) in [5, 5.41) is 0.0197.